The minimum absolute atomic E-state index is 0.247. The molecule has 6 nitrogen and oxygen atoms in total. The second-order valence-corrected chi connectivity index (χ2v) is 7.50. The Balaban J connectivity index is 1.35. The first-order valence-corrected chi connectivity index (χ1v) is 9.48. The maximum absolute atomic E-state index is 14.7. The van der Waals surface area contributed by atoms with Crippen LogP contribution in [0.15, 0.2) is 24.7 Å². The van der Waals surface area contributed by atoms with Gasteiger partial charge in [-0.15, -0.1) is 0 Å². The minimum atomic E-state index is -0.247. The molecule has 0 spiro atoms. The summed E-state index contributed by atoms with van der Waals surface area (Å²) in [7, 11) is 1.92. The molecule has 0 unspecified atom stereocenters. The van der Waals surface area contributed by atoms with E-state index in [1.165, 1.54) is 6.33 Å². The summed E-state index contributed by atoms with van der Waals surface area (Å²) in [5.41, 5.74) is 2.07. The molecular formula is C20H23FN6. The highest BCUT2D eigenvalue weighted by Crippen LogP contribution is 2.41. The van der Waals surface area contributed by atoms with E-state index in [0.717, 1.165) is 51.0 Å². The first-order chi connectivity index (χ1) is 13.2. The van der Waals surface area contributed by atoms with Crippen LogP contribution in [0.3, 0.4) is 0 Å². The lowest BCUT2D eigenvalue weighted by atomic mass is 9.96. The number of rotatable bonds is 5. The second-order valence-electron chi connectivity index (χ2n) is 7.50. The molecule has 140 valence electrons. The number of halogens is 1. The fourth-order valence-electron chi connectivity index (χ4n) is 3.77. The van der Waals surface area contributed by atoms with Gasteiger partial charge in [-0.25, -0.2) is 19.3 Å². The fourth-order valence-corrected chi connectivity index (χ4v) is 3.77. The van der Waals surface area contributed by atoms with E-state index in [0.29, 0.717) is 23.1 Å². The van der Waals surface area contributed by atoms with E-state index in [1.54, 1.807) is 12.3 Å². The van der Waals surface area contributed by atoms with E-state index in [2.05, 4.69) is 19.9 Å². The molecular weight excluding hydrogens is 343 g/mol. The maximum Gasteiger partial charge on any atom is 0.187 e. The summed E-state index contributed by atoms with van der Waals surface area (Å²) in [6.07, 6.45) is 7.38. The molecule has 0 amide bonds. The SMILES string of the molecule is CN(CC1CCN(c2ccc(C#N)nc2)CC1)c1ncnc(C2CC2)c1F. The lowest BCUT2D eigenvalue weighted by Gasteiger charge is -2.35. The van der Waals surface area contributed by atoms with Crippen molar-refractivity contribution in [2.24, 2.45) is 5.92 Å². The van der Waals surface area contributed by atoms with Crippen LogP contribution in [0.25, 0.3) is 0 Å². The molecule has 1 aliphatic heterocycles. The molecule has 4 rings (SSSR count). The lowest BCUT2D eigenvalue weighted by molar-refractivity contribution is 0.406. The van der Waals surface area contributed by atoms with Crippen LogP contribution in [0.5, 0.6) is 0 Å². The van der Waals surface area contributed by atoms with E-state index in [1.807, 2.05) is 24.1 Å². The van der Waals surface area contributed by atoms with Gasteiger partial charge in [-0.1, -0.05) is 0 Å². The molecule has 2 aromatic heterocycles. The van der Waals surface area contributed by atoms with Gasteiger partial charge in [-0.2, -0.15) is 5.26 Å². The van der Waals surface area contributed by atoms with Crippen LogP contribution in [0.1, 0.15) is 43.0 Å². The number of nitriles is 1. The Labute approximate surface area is 158 Å². The highest BCUT2D eigenvalue weighted by atomic mass is 19.1. The quantitative estimate of drug-likeness (QED) is 0.810. The van der Waals surface area contributed by atoms with Crippen molar-refractivity contribution in [1.82, 2.24) is 15.0 Å². The topological polar surface area (TPSA) is 68.9 Å². The van der Waals surface area contributed by atoms with Crippen molar-refractivity contribution in [1.29, 1.82) is 5.26 Å². The molecule has 2 aliphatic rings. The molecule has 2 fully saturated rings. The van der Waals surface area contributed by atoms with E-state index in [9.17, 15) is 4.39 Å². The molecule has 1 saturated heterocycles. The largest absolute Gasteiger partial charge is 0.370 e. The molecule has 0 radical (unpaired) electrons. The normalized spacial score (nSPS) is 17.6. The summed E-state index contributed by atoms with van der Waals surface area (Å²) in [6.45, 7) is 2.66. The molecule has 3 heterocycles. The third kappa shape index (κ3) is 3.85. The van der Waals surface area contributed by atoms with Crippen LogP contribution in [-0.4, -0.2) is 41.6 Å². The van der Waals surface area contributed by atoms with Crippen LogP contribution < -0.4 is 9.80 Å². The molecule has 7 heteroatoms. The Morgan fingerprint density at radius 2 is 1.96 bits per heavy atom. The standard InChI is InChI=1S/C20H23FN6/c1-26(20-18(21)19(15-2-3-15)24-13-25-20)12-14-6-8-27(9-7-14)17-5-4-16(10-22)23-11-17/h4-5,11,13-15H,2-3,6-9,12H2,1H3. The Morgan fingerprint density at radius 3 is 2.59 bits per heavy atom. The van der Waals surface area contributed by atoms with Gasteiger partial charge in [0.15, 0.2) is 11.6 Å². The van der Waals surface area contributed by atoms with Crippen LogP contribution in [0.4, 0.5) is 15.9 Å². The number of hydrogen-bond donors (Lipinski definition) is 0. The molecule has 0 aromatic carbocycles. The molecule has 0 atom stereocenters. The van der Waals surface area contributed by atoms with Crippen molar-refractivity contribution in [3.63, 3.8) is 0 Å². The number of hydrogen-bond acceptors (Lipinski definition) is 6. The maximum atomic E-state index is 14.7. The Bertz CT molecular complexity index is 835. The van der Waals surface area contributed by atoms with Crippen molar-refractivity contribution >= 4 is 11.5 Å². The van der Waals surface area contributed by atoms with Gasteiger partial charge in [0.2, 0.25) is 0 Å². The smallest absolute Gasteiger partial charge is 0.187 e. The predicted molar refractivity (Wildman–Crippen MR) is 101 cm³/mol. The third-order valence-electron chi connectivity index (χ3n) is 5.50. The lowest BCUT2D eigenvalue weighted by Crippen LogP contribution is -2.38. The summed E-state index contributed by atoms with van der Waals surface area (Å²) in [5.74, 6) is 0.954. The first kappa shape index (κ1) is 17.7. The number of aromatic nitrogens is 3. The first-order valence-electron chi connectivity index (χ1n) is 9.48. The van der Waals surface area contributed by atoms with Crippen LogP contribution in [-0.2, 0) is 0 Å². The highest BCUT2D eigenvalue weighted by Gasteiger charge is 2.31. The van der Waals surface area contributed by atoms with Crippen LogP contribution in [0.2, 0.25) is 0 Å². The van der Waals surface area contributed by atoms with E-state index in [-0.39, 0.29) is 11.7 Å². The second kappa shape index (κ2) is 7.47. The van der Waals surface area contributed by atoms with E-state index in [4.69, 9.17) is 5.26 Å². The molecule has 1 saturated carbocycles. The minimum Gasteiger partial charge on any atom is -0.370 e. The van der Waals surface area contributed by atoms with Gasteiger partial charge >= 0.3 is 0 Å². The Hall–Kier alpha value is -2.75. The van der Waals surface area contributed by atoms with Gasteiger partial charge in [0.05, 0.1) is 17.6 Å². The van der Waals surface area contributed by atoms with Crippen molar-refractivity contribution in [2.75, 3.05) is 36.5 Å². The van der Waals surface area contributed by atoms with Crippen molar-refractivity contribution < 1.29 is 4.39 Å². The van der Waals surface area contributed by atoms with Crippen molar-refractivity contribution in [3.05, 3.63) is 41.9 Å². The highest BCUT2D eigenvalue weighted by molar-refractivity contribution is 5.46. The Kier molecular flexibility index (Phi) is 4.88. The van der Waals surface area contributed by atoms with Gasteiger partial charge in [0.25, 0.3) is 0 Å². The Morgan fingerprint density at radius 1 is 1.19 bits per heavy atom. The summed E-state index contributed by atoms with van der Waals surface area (Å²) < 4.78 is 14.7. The monoisotopic (exact) mass is 366 g/mol. The van der Waals surface area contributed by atoms with Crippen molar-refractivity contribution in [3.8, 4) is 6.07 Å². The summed E-state index contributed by atoms with van der Waals surface area (Å²) in [4.78, 5) is 16.7. The van der Waals surface area contributed by atoms with Crippen molar-refractivity contribution in [2.45, 2.75) is 31.6 Å². The van der Waals surface area contributed by atoms with Gasteiger partial charge in [0, 0.05) is 32.6 Å². The van der Waals surface area contributed by atoms with Gasteiger partial charge in [-0.3, -0.25) is 0 Å². The van der Waals surface area contributed by atoms with E-state index >= 15 is 0 Å². The zero-order valence-corrected chi connectivity index (χ0v) is 15.5. The van der Waals surface area contributed by atoms with E-state index < -0.39 is 0 Å². The average molecular weight is 366 g/mol. The molecule has 1 aliphatic carbocycles. The van der Waals surface area contributed by atoms with Crippen LogP contribution in [0, 0.1) is 23.1 Å². The molecule has 27 heavy (non-hydrogen) atoms. The number of piperidine rings is 1. The van der Waals surface area contributed by atoms with Gasteiger partial charge in [0.1, 0.15) is 18.1 Å². The molecule has 0 N–H and O–H groups in total. The summed E-state index contributed by atoms with van der Waals surface area (Å²) >= 11 is 0. The number of nitrogens with zero attached hydrogens (tertiary/aromatic N) is 6. The molecule has 2 aromatic rings. The molecule has 0 bridgehead atoms. The number of anilines is 2. The fraction of sp³-hybridized carbons (Fsp3) is 0.500. The predicted octanol–water partition coefficient (Wildman–Crippen LogP) is 3.11. The average Bonchev–Trinajstić information content (AvgIpc) is 3.54. The zero-order valence-electron chi connectivity index (χ0n) is 15.5. The summed E-state index contributed by atoms with van der Waals surface area (Å²) in [6, 6.07) is 5.75. The number of pyridine rings is 1. The summed E-state index contributed by atoms with van der Waals surface area (Å²) in [5, 5.41) is 8.86. The van der Waals surface area contributed by atoms with Gasteiger partial charge in [-0.05, 0) is 43.7 Å². The zero-order chi connectivity index (χ0) is 18.8. The third-order valence-corrected chi connectivity index (χ3v) is 5.50. The van der Waals surface area contributed by atoms with Crippen LogP contribution >= 0.6 is 0 Å². The van der Waals surface area contributed by atoms with Gasteiger partial charge < -0.3 is 9.80 Å².